The van der Waals surface area contributed by atoms with E-state index in [0.29, 0.717) is 37.1 Å². The Labute approximate surface area is 172 Å². The first-order chi connectivity index (χ1) is 14.2. The molecule has 0 radical (unpaired) electrons. The molecular weight excluding hydrogens is 392 g/mol. The number of carbonyl (C=O) groups is 1. The van der Waals surface area contributed by atoms with E-state index < -0.39 is 11.7 Å². The first-order valence-electron chi connectivity index (χ1n) is 10.2. The van der Waals surface area contributed by atoms with E-state index in [9.17, 15) is 13.6 Å². The minimum Gasteiger partial charge on any atom is -0.381 e. The summed E-state index contributed by atoms with van der Waals surface area (Å²) < 4.78 is 33.9. The molecule has 1 spiro atoms. The van der Waals surface area contributed by atoms with Crippen molar-refractivity contribution in [3.05, 3.63) is 35.4 Å². The number of carbonyl (C=O) groups excluding carboxylic acids is 1. The lowest BCUT2D eigenvalue weighted by atomic mass is 10.0. The van der Waals surface area contributed by atoms with Gasteiger partial charge in [-0.1, -0.05) is 0 Å². The number of anilines is 3. The highest BCUT2D eigenvalue weighted by Gasteiger charge is 2.53. The van der Waals surface area contributed by atoms with Gasteiger partial charge in [0.1, 0.15) is 11.6 Å². The molecule has 2 fully saturated rings. The number of alkyl halides is 2. The van der Waals surface area contributed by atoms with Crippen LogP contribution in [0.1, 0.15) is 56.1 Å². The normalized spacial score (nSPS) is 21.7. The van der Waals surface area contributed by atoms with E-state index in [4.69, 9.17) is 4.74 Å². The number of nitrogens with one attached hydrogen (secondary N) is 1. The molecular formula is C21H23F2N5O2. The van der Waals surface area contributed by atoms with Gasteiger partial charge >= 0.3 is 5.92 Å². The maximum absolute atomic E-state index is 14.2. The zero-order valence-corrected chi connectivity index (χ0v) is 16.9. The summed E-state index contributed by atoms with van der Waals surface area (Å²) in [4.78, 5) is 26.2. The highest BCUT2D eigenvalue weighted by molar-refractivity contribution is 5.89. The third-order valence-electron chi connectivity index (χ3n) is 6.11. The number of amides is 1. The van der Waals surface area contributed by atoms with Gasteiger partial charge in [0.25, 0.3) is 0 Å². The summed E-state index contributed by atoms with van der Waals surface area (Å²) in [6.07, 6.45) is 4.57. The fourth-order valence-electron chi connectivity index (χ4n) is 4.35. The van der Waals surface area contributed by atoms with Gasteiger partial charge in [0.05, 0.1) is 18.0 Å². The molecule has 1 aliphatic carbocycles. The molecule has 0 bridgehead atoms. The van der Waals surface area contributed by atoms with Gasteiger partial charge in [0, 0.05) is 62.2 Å². The van der Waals surface area contributed by atoms with Gasteiger partial charge in [0.2, 0.25) is 11.7 Å². The zero-order chi connectivity index (χ0) is 21.1. The van der Waals surface area contributed by atoms with Crippen LogP contribution in [0.15, 0.2) is 18.3 Å². The van der Waals surface area contributed by atoms with Crippen LogP contribution in [-0.2, 0) is 20.9 Å². The second kappa shape index (κ2) is 6.66. The lowest BCUT2D eigenvalue weighted by Crippen LogP contribution is -2.23. The molecule has 3 aliphatic rings. The van der Waals surface area contributed by atoms with Crippen LogP contribution >= 0.6 is 0 Å². The van der Waals surface area contributed by atoms with Crippen molar-refractivity contribution in [1.82, 2.24) is 15.0 Å². The average molecular weight is 415 g/mol. The largest absolute Gasteiger partial charge is 0.381 e. The van der Waals surface area contributed by atoms with Crippen molar-refractivity contribution in [3.63, 3.8) is 0 Å². The van der Waals surface area contributed by atoms with Crippen LogP contribution in [0.4, 0.5) is 26.1 Å². The number of halogens is 2. The van der Waals surface area contributed by atoms with E-state index >= 15 is 0 Å². The maximum atomic E-state index is 14.2. The molecule has 1 N–H and O–H groups in total. The van der Waals surface area contributed by atoms with Gasteiger partial charge in [-0.25, -0.2) is 15.0 Å². The molecule has 9 heteroatoms. The van der Waals surface area contributed by atoms with Crippen molar-refractivity contribution in [1.29, 1.82) is 0 Å². The van der Waals surface area contributed by atoms with E-state index in [2.05, 4.69) is 20.3 Å². The molecule has 1 saturated heterocycles. The first-order valence-corrected chi connectivity index (χ1v) is 10.2. The molecule has 5 rings (SSSR count). The summed E-state index contributed by atoms with van der Waals surface area (Å²) in [5, 5.41) is 2.70. The fraction of sp³-hybridized carbons (Fsp3) is 0.524. The molecule has 2 aliphatic heterocycles. The summed E-state index contributed by atoms with van der Waals surface area (Å²) in [5.74, 6) is -2.97. The lowest BCUT2D eigenvalue weighted by Gasteiger charge is -2.22. The van der Waals surface area contributed by atoms with Gasteiger partial charge < -0.3 is 15.0 Å². The van der Waals surface area contributed by atoms with Crippen LogP contribution < -0.4 is 10.2 Å². The number of rotatable bonds is 4. The Hall–Kier alpha value is -2.68. The molecule has 158 valence electrons. The standard InChI is InChI=1S/C21H23F2N5O2/c1-12(29)25-17-8-16-14(9-24-17)21(4-5-21)11-28(16)18-7-15(13-3-6-30-10-13)26-19(27-18)20(2,22)23/h7-9,13H,3-6,10-11H2,1-2H3,(H,24,25,29)/t13-/m1/s1. The Morgan fingerprint density at radius 3 is 2.77 bits per heavy atom. The summed E-state index contributed by atoms with van der Waals surface area (Å²) >= 11 is 0. The molecule has 2 aromatic rings. The van der Waals surface area contributed by atoms with E-state index in [-0.39, 0.29) is 17.2 Å². The minimum absolute atomic E-state index is 0.0165. The second-order valence-corrected chi connectivity index (χ2v) is 8.56. The third kappa shape index (κ3) is 3.30. The lowest BCUT2D eigenvalue weighted by molar-refractivity contribution is -0.114. The minimum atomic E-state index is -3.15. The molecule has 4 heterocycles. The van der Waals surface area contributed by atoms with Crippen molar-refractivity contribution in [2.45, 2.75) is 50.4 Å². The molecule has 7 nitrogen and oxygen atoms in total. The number of hydrogen-bond donors (Lipinski definition) is 1. The summed E-state index contributed by atoms with van der Waals surface area (Å²) in [7, 11) is 0. The zero-order valence-electron chi connectivity index (χ0n) is 16.9. The van der Waals surface area contributed by atoms with E-state index in [0.717, 1.165) is 37.4 Å². The van der Waals surface area contributed by atoms with Crippen molar-refractivity contribution in [3.8, 4) is 0 Å². The SMILES string of the molecule is CC(=O)Nc1cc2c(cn1)C1(CC1)CN2c1cc([C@@H]2CCOC2)nc(C(C)(F)F)n1. The molecule has 1 saturated carbocycles. The Balaban J connectivity index is 1.60. The Morgan fingerprint density at radius 1 is 1.33 bits per heavy atom. The fourth-order valence-corrected chi connectivity index (χ4v) is 4.35. The van der Waals surface area contributed by atoms with Gasteiger partial charge in [-0.15, -0.1) is 0 Å². The van der Waals surface area contributed by atoms with Crippen molar-refractivity contribution < 1.29 is 18.3 Å². The van der Waals surface area contributed by atoms with Gasteiger partial charge in [-0.2, -0.15) is 8.78 Å². The maximum Gasteiger partial charge on any atom is 0.303 e. The molecule has 0 aromatic carbocycles. The van der Waals surface area contributed by atoms with E-state index in [1.54, 1.807) is 18.3 Å². The van der Waals surface area contributed by atoms with Gasteiger partial charge in [-0.05, 0) is 19.3 Å². The molecule has 2 aromatic heterocycles. The van der Waals surface area contributed by atoms with Crippen LogP contribution in [-0.4, -0.2) is 40.6 Å². The predicted octanol–water partition coefficient (Wildman–Crippen LogP) is 3.63. The van der Waals surface area contributed by atoms with Crippen molar-refractivity contribution in [2.24, 2.45) is 0 Å². The third-order valence-corrected chi connectivity index (χ3v) is 6.11. The summed E-state index contributed by atoms with van der Waals surface area (Å²) in [5.41, 5.74) is 2.49. The number of nitrogens with zero attached hydrogens (tertiary/aromatic N) is 4. The smallest absolute Gasteiger partial charge is 0.303 e. The van der Waals surface area contributed by atoms with Crippen LogP contribution in [0.25, 0.3) is 0 Å². The first kappa shape index (κ1) is 19.3. The Kier molecular flexibility index (Phi) is 4.29. The number of fused-ring (bicyclic) bond motifs is 2. The average Bonchev–Trinajstić information content (AvgIpc) is 3.11. The number of ether oxygens (including phenoxy) is 1. The number of aromatic nitrogens is 3. The van der Waals surface area contributed by atoms with Crippen molar-refractivity contribution in [2.75, 3.05) is 30.0 Å². The van der Waals surface area contributed by atoms with Crippen LogP contribution in [0.5, 0.6) is 0 Å². The van der Waals surface area contributed by atoms with Crippen LogP contribution in [0.2, 0.25) is 0 Å². The highest BCUT2D eigenvalue weighted by atomic mass is 19.3. The molecule has 0 unspecified atom stereocenters. The van der Waals surface area contributed by atoms with Crippen LogP contribution in [0, 0.1) is 0 Å². The van der Waals surface area contributed by atoms with Gasteiger partial charge in [-0.3, -0.25) is 4.79 Å². The molecule has 30 heavy (non-hydrogen) atoms. The quantitative estimate of drug-likeness (QED) is 0.822. The monoisotopic (exact) mass is 415 g/mol. The molecule has 1 amide bonds. The van der Waals surface area contributed by atoms with E-state index in [1.807, 2.05) is 4.90 Å². The van der Waals surface area contributed by atoms with Gasteiger partial charge in [0.15, 0.2) is 0 Å². The summed E-state index contributed by atoms with van der Waals surface area (Å²) in [6, 6.07) is 3.60. The number of hydrogen-bond acceptors (Lipinski definition) is 6. The second-order valence-electron chi connectivity index (χ2n) is 8.56. The Bertz CT molecular complexity index is 1010. The Morgan fingerprint density at radius 2 is 2.13 bits per heavy atom. The topological polar surface area (TPSA) is 80.2 Å². The predicted molar refractivity (Wildman–Crippen MR) is 106 cm³/mol. The molecule has 1 atom stereocenters. The van der Waals surface area contributed by atoms with E-state index in [1.165, 1.54) is 6.92 Å². The van der Waals surface area contributed by atoms with Crippen molar-refractivity contribution >= 4 is 23.2 Å². The number of pyridine rings is 1. The highest BCUT2D eigenvalue weighted by Crippen LogP contribution is 2.58. The van der Waals surface area contributed by atoms with Crippen LogP contribution in [0.3, 0.4) is 0 Å². The summed E-state index contributed by atoms with van der Waals surface area (Å²) in [6.45, 7) is 3.97.